The minimum absolute atomic E-state index is 0.0109. The lowest BCUT2D eigenvalue weighted by Gasteiger charge is -2.66. The number of allylic oxidation sites excluding steroid dienone is 1. The molecule has 4 rings (SSSR count). The number of fused-ring (bicyclic) bond motifs is 3. The molecule has 4 fully saturated rings. The molecule has 0 bridgehead atoms. The molecule has 1 heterocycles. The van der Waals surface area contributed by atoms with Gasteiger partial charge >= 0.3 is 5.97 Å². The lowest BCUT2D eigenvalue weighted by molar-refractivity contribution is -0.187. The Morgan fingerprint density at radius 3 is 2.18 bits per heavy atom. The molecule has 34 heavy (non-hydrogen) atoms. The van der Waals surface area contributed by atoms with Gasteiger partial charge in [-0.05, 0) is 125 Å². The summed E-state index contributed by atoms with van der Waals surface area (Å²) in [5.41, 5.74) is 0.714. The lowest BCUT2D eigenvalue weighted by atomic mass is 9.38. The van der Waals surface area contributed by atoms with Crippen molar-refractivity contribution in [2.45, 2.75) is 130 Å². The second-order valence-corrected chi connectivity index (χ2v) is 14.2. The summed E-state index contributed by atoms with van der Waals surface area (Å²) in [6, 6.07) is 0. The van der Waals surface area contributed by atoms with Gasteiger partial charge in [-0.15, -0.1) is 0 Å². The molecule has 0 amide bonds. The van der Waals surface area contributed by atoms with E-state index >= 15 is 0 Å². The number of ether oxygens (including phenoxy) is 1. The smallest absolute Gasteiger partial charge is 0.303 e. The summed E-state index contributed by atoms with van der Waals surface area (Å²) >= 11 is 0. The van der Waals surface area contributed by atoms with Gasteiger partial charge < -0.3 is 14.9 Å². The van der Waals surface area contributed by atoms with E-state index in [2.05, 4.69) is 41.2 Å². The molecule has 0 spiro atoms. The Bertz CT molecular complexity index is 828. The topological polar surface area (TPSA) is 66.8 Å². The third-order valence-corrected chi connectivity index (χ3v) is 12.0. The Morgan fingerprint density at radius 1 is 0.971 bits per heavy atom. The van der Waals surface area contributed by atoms with Crippen LogP contribution in [0.15, 0.2) is 12.2 Å². The van der Waals surface area contributed by atoms with Crippen LogP contribution in [0.3, 0.4) is 0 Å². The van der Waals surface area contributed by atoms with Gasteiger partial charge in [-0.25, -0.2) is 0 Å². The van der Waals surface area contributed by atoms with E-state index in [-0.39, 0.29) is 34.4 Å². The minimum atomic E-state index is -0.795. The lowest BCUT2D eigenvalue weighted by Crippen LogP contribution is -2.60. The average molecular weight is 475 g/mol. The Labute approximate surface area is 207 Å². The number of carbonyl (C=O) groups is 1. The molecule has 1 saturated heterocycles. The Hall–Kier alpha value is -0.870. The Balaban J connectivity index is 1.64. The van der Waals surface area contributed by atoms with Gasteiger partial charge in [-0.1, -0.05) is 32.9 Å². The van der Waals surface area contributed by atoms with E-state index in [1.807, 2.05) is 13.8 Å². The summed E-state index contributed by atoms with van der Waals surface area (Å²) in [4.78, 5) is 11.6. The van der Waals surface area contributed by atoms with E-state index in [1.54, 1.807) is 0 Å². The van der Waals surface area contributed by atoms with Gasteiger partial charge in [0.15, 0.2) is 0 Å². The molecule has 0 radical (unpaired) electrons. The molecular formula is C30H50O4. The fraction of sp³-hybridized carbons (Fsp3) is 0.900. The van der Waals surface area contributed by atoms with Crippen molar-refractivity contribution < 1.29 is 19.7 Å². The van der Waals surface area contributed by atoms with E-state index in [1.165, 1.54) is 37.7 Å². The SMILES string of the molecule is C=C(C)[C@@H]1CC[C@]2(C)[C@@H](CC[C@@H]3[C@@H]([C@@]4(C)CC[C@@H](C(C)(C)O)O4)CC[C@]32C)[C@@]1(C)CCC(=O)O. The zero-order chi connectivity index (χ0) is 25.3. The molecule has 0 aromatic heterocycles. The number of carboxylic acids is 1. The highest BCUT2D eigenvalue weighted by Gasteiger charge is 2.68. The minimum Gasteiger partial charge on any atom is -0.481 e. The van der Waals surface area contributed by atoms with Crippen molar-refractivity contribution >= 4 is 5.97 Å². The highest BCUT2D eigenvalue weighted by atomic mass is 16.5. The molecule has 0 aromatic carbocycles. The first-order chi connectivity index (χ1) is 15.6. The highest BCUT2D eigenvalue weighted by molar-refractivity contribution is 5.66. The van der Waals surface area contributed by atoms with Crippen LogP contribution in [0.5, 0.6) is 0 Å². The van der Waals surface area contributed by atoms with Gasteiger partial charge in [-0.3, -0.25) is 4.79 Å². The van der Waals surface area contributed by atoms with Crippen LogP contribution >= 0.6 is 0 Å². The second-order valence-electron chi connectivity index (χ2n) is 14.2. The van der Waals surface area contributed by atoms with Gasteiger partial charge in [0.1, 0.15) is 0 Å². The fourth-order valence-electron chi connectivity index (χ4n) is 10.0. The van der Waals surface area contributed by atoms with Crippen molar-refractivity contribution in [1.29, 1.82) is 0 Å². The first-order valence-electron chi connectivity index (χ1n) is 13.9. The van der Waals surface area contributed by atoms with Crippen LogP contribution in [0, 0.1) is 39.9 Å². The van der Waals surface area contributed by atoms with Gasteiger partial charge in [0.2, 0.25) is 0 Å². The molecule has 9 atom stereocenters. The zero-order valence-corrected chi connectivity index (χ0v) is 22.9. The number of hydrogen-bond acceptors (Lipinski definition) is 3. The van der Waals surface area contributed by atoms with Crippen molar-refractivity contribution in [2.75, 3.05) is 0 Å². The van der Waals surface area contributed by atoms with Crippen LogP contribution in [0.4, 0.5) is 0 Å². The van der Waals surface area contributed by atoms with Gasteiger partial charge in [0.05, 0.1) is 17.3 Å². The fourth-order valence-corrected chi connectivity index (χ4v) is 10.0. The van der Waals surface area contributed by atoms with Crippen LogP contribution in [0.1, 0.15) is 113 Å². The van der Waals surface area contributed by atoms with Crippen LogP contribution in [0.25, 0.3) is 0 Å². The third kappa shape index (κ3) is 3.81. The van der Waals surface area contributed by atoms with Crippen molar-refractivity contribution in [2.24, 2.45) is 39.9 Å². The van der Waals surface area contributed by atoms with Crippen LogP contribution < -0.4 is 0 Å². The Kier molecular flexibility index (Phi) is 6.42. The molecule has 0 aromatic rings. The standard InChI is InChI=1S/C30H50O4/c1-19(2)20-11-17-29(7)23(27(20,5)15-14-25(31)32)10-9-21-22(12-16-28(21,29)6)30(8)18-13-24(34-30)26(3,4)33/h20-24,33H,1,9-18H2,2-8H3,(H,31,32)/t20-,21+,22-,23-,24-,27-,28+,29+,30+/m0/s1. The average Bonchev–Trinajstić information content (AvgIpc) is 3.29. The maximum absolute atomic E-state index is 11.6. The van der Waals surface area contributed by atoms with Crippen LogP contribution in [-0.4, -0.2) is 33.5 Å². The summed E-state index contributed by atoms with van der Waals surface area (Å²) in [6.07, 6.45) is 10.0. The molecule has 4 aliphatic rings. The molecule has 0 unspecified atom stereocenters. The first-order valence-corrected chi connectivity index (χ1v) is 13.9. The first kappa shape index (κ1) is 26.2. The predicted molar refractivity (Wildman–Crippen MR) is 136 cm³/mol. The molecule has 3 saturated carbocycles. The van der Waals surface area contributed by atoms with Crippen LogP contribution in [0.2, 0.25) is 0 Å². The van der Waals surface area contributed by atoms with Gasteiger partial charge in [0, 0.05) is 6.42 Å². The van der Waals surface area contributed by atoms with E-state index in [9.17, 15) is 15.0 Å². The van der Waals surface area contributed by atoms with Crippen molar-refractivity contribution in [1.82, 2.24) is 0 Å². The monoisotopic (exact) mass is 474 g/mol. The summed E-state index contributed by atoms with van der Waals surface area (Å²) in [5, 5.41) is 20.2. The van der Waals surface area contributed by atoms with Crippen molar-refractivity contribution in [3.8, 4) is 0 Å². The number of aliphatic carboxylic acids is 1. The zero-order valence-electron chi connectivity index (χ0n) is 22.9. The quantitative estimate of drug-likeness (QED) is 0.407. The van der Waals surface area contributed by atoms with E-state index < -0.39 is 11.6 Å². The molecule has 2 N–H and O–H groups in total. The third-order valence-electron chi connectivity index (χ3n) is 12.0. The van der Waals surface area contributed by atoms with Crippen molar-refractivity contribution in [3.05, 3.63) is 12.2 Å². The maximum atomic E-state index is 11.6. The Morgan fingerprint density at radius 2 is 1.62 bits per heavy atom. The normalized spacial score (nSPS) is 48.9. The van der Waals surface area contributed by atoms with Gasteiger partial charge in [0.25, 0.3) is 0 Å². The van der Waals surface area contributed by atoms with E-state index in [0.717, 1.165) is 25.7 Å². The number of hydrogen-bond donors (Lipinski definition) is 2. The predicted octanol–water partition coefficient (Wildman–Crippen LogP) is 7.00. The highest BCUT2D eigenvalue weighted by Crippen LogP contribution is 2.74. The largest absolute Gasteiger partial charge is 0.481 e. The van der Waals surface area contributed by atoms with Crippen LogP contribution in [-0.2, 0) is 9.53 Å². The summed E-state index contributed by atoms with van der Waals surface area (Å²) in [7, 11) is 0. The number of rotatable bonds is 6. The molecule has 3 aliphatic carbocycles. The summed E-state index contributed by atoms with van der Waals surface area (Å²) in [6.45, 7) is 20.1. The van der Waals surface area contributed by atoms with E-state index in [4.69, 9.17) is 4.74 Å². The molecule has 4 nitrogen and oxygen atoms in total. The maximum Gasteiger partial charge on any atom is 0.303 e. The number of carboxylic acid groups (broad SMARTS) is 1. The summed E-state index contributed by atoms with van der Waals surface area (Å²) < 4.78 is 6.69. The second kappa shape index (κ2) is 8.33. The number of aliphatic hydroxyl groups is 1. The molecular weight excluding hydrogens is 424 g/mol. The molecule has 1 aliphatic heterocycles. The molecule has 194 valence electrons. The van der Waals surface area contributed by atoms with Gasteiger partial charge in [-0.2, -0.15) is 0 Å². The van der Waals surface area contributed by atoms with E-state index in [0.29, 0.717) is 23.7 Å². The molecule has 4 heteroatoms. The van der Waals surface area contributed by atoms with Crippen molar-refractivity contribution in [3.63, 3.8) is 0 Å². The summed E-state index contributed by atoms with van der Waals surface area (Å²) in [5.74, 6) is 1.42.